The molecule has 2 aromatic carbocycles. The van der Waals surface area contributed by atoms with Crippen molar-refractivity contribution >= 4 is 28.6 Å². The number of fused-ring (bicyclic) bond motifs is 1. The van der Waals surface area contributed by atoms with E-state index in [0.717, 1.165) is 11.3 Å². The number of benzene rings is 2. The maximum absolute atomic E-state index is 12.4. The number of aromatic nitrogens is 3. The monoisotopic (exact) mass is 378 g/mol. The van der Waals surface area contributed by atoms with Crippen LogP contribution in [0.5, 0.6) is 0 Å². The summed E-state index contributed by atoms with van der Waals surface area (Å²) < 4.78 is 5.81. The van der Waals surface area contributed by atoms with Gasteiger partial charge in [-0.25, -0.2) is 15.0 Å². The molecule has 27 heavy (non-hydrogen) atoms. The topological polar surface area (TPSA) is 80.9 Å². The normalized spacial score (nSPS) is 10.9. The van der Waals surface area contributed by atoms with Gasteiger partial charge in [-0.2, -0.15) is 0 Å². The molecule has 0 saturated heterocycles. The molecule has 134 valence electrons. The summed E-state index contributed by atoms with van der Waals surface area (Å²) in [7, 11) is 0. The van der Waals surface area contributed by atoms with E-state index >= 15 is 0 Å². The molecule has 4 rings (SSSR count). The Balaban J connectivity index is 1.49. The Kier molecular flexibility index (Phi) is 4.80. The fourth-order valence-corrected chi connectivity index (χ4v) is 2.92. The number of carbonyl (C=O) groups is 1. The highest BCUT2D eigenvalue weighted by atomic mass is 35.5. The Bertz CT molecular complexity index is 1100. The van der Waals surface area contributed by atoms with Crippen LogP contribution in [0.2, 0.25) is 5.02 Å². The molecule has 6 nitrogen and oxygen atoms in total. The molecule has 0 aliphatic rings. The molecule has 0 saturated carbocycles. The number of nitrogens with zero attached hydrogens (tertiary/aromatic N) is 3. The van der Waals surface area contributed by atoms with Crippen LogP contribution in [-0.4, -0.2) is 20.9 Å². The molecule has 0 aliphatic carbocycles. The molecule has 2 heterocycles. The SMILES string of the molecule is O=C(NCc1ccncn1)c1ccc2nc(Cc3cccc(Cl)c3)oc2c1. The first-order valence-corrected chi connectivity index (χ1v) is 8.72. The predicted octanol–water partition coefficient (Wildman–Crippen LogP) is 3.79. The van der Waals surface area contributed by atoms with Gasteiger partial charge < -0.3 is 9.73 Å². The summed E-state index contributed by atoms with van der Waals surface area (Å²) >= 11 is 6.02. The molecule has 0 aliphatic heterocycles. The summed E-state index contributed by atoms with van der Waals surface area (Å²) in [5, 5.41) is 3.50. The van der Waals surface area contributed by atoms with E-state index < -0.39 is 0 Å². The number of hydrogen-bond donors (Lipinski definition) is 1. The van der Waals surface area contributed by atoms with Crippen molar-refractivity contribution in [3.63, 3.8) is 0 Å². The number of nitrogens with one attached hydrogen (secondary N) is 1. The number of hydrogen-bond acceptors (Lipinski definition) is 5. The van der Waals surface area contributed by atoms with Crippen molar-refractivity contribution in [3.8, 4) is 0 Å². The molecule has 2 aromatic heterocycles. The third-order valence-corrected chi connectivity index (χ3v) is 4.25. The van der Waals surface area contributed by atoms with Crippen molar-refractivity contribution in [3.05, 3.63) is 88.8 Å². The molecule has 0 fully saturated rings. The van der Waals surface area contributed by atoms with E-state index in [4.69, 9.17) is 16.0 Å². The van der Waals surface area contributed by atoms with Gasteiger partial charge in [0.1, 0.15) is 11.8 Å². The van der Waals surface area contributed by atoms with Gasteiger partial charge in [-0.1, -0.05) is 23.7 Å². The van der Waals surface area contributed by atoms with Gasteiger partial charge in [-0.15, -0.1) is 0 Å². The Labute approximate surface area is 160 Å². The van der Waals surface area contributed by atoms with Crippen LogP contribution in [0, 0.1) is 0 Å². The number of rotatable bonds is 5. The maximum Gasteiger partial charge on any atom is 0.251 e. The third kappa shape index (κ3) is 4.12. The van der Waals surface area contributed by atoms with Gasteiger partial charge in [0.05, 0.1) is 12.2 Å². The van der Waals surface area contributed by atoms with Crippen molar-refractivity contribution in [2.24, 2.45) is 0 Å². The molecule has 1 N–H and O–H groups in total. The van der Waals surface area contributed by atoms with Gasteiger partial charge in [-0.3, -0.25) is 4.79 Å². The van der Waals surface area contributed by atoms with E-state index in [1.165, 1.54) is 6.33 Å². The highest BCUT2D eigenvalue weighted by Crippen LogP contribution is 2.20. The molecule has 0 atom stereocenters. The van der Waals surface area contributed by atoms with Gasteiger partial charge in [0.15, 0.2) is 11.5 Å². The van der Waals surface area contributed by atoms with Gasteiger partial charge in [0, 0.05) is 23.2 Å². The lowest BCUT2D eigenvalue weighted by Crippen LogP contribution is -2.23. The average Bonchev–Trinajstić information content (AvgIpc) is 3.08. The van der Waals surface area contributed by atoms with E-state index in [1.54, 1.807) is 30.5 Å². The third-order valence-electron chi connectivity index (χ3n) is 4.01. The average molecular weight is 379 g/mol. The van der Waals surface area contributed by atoms with Crippen LogP contribution in [0.25, 0.3) is 11.1 Å². The zero-order valence-corrected chi connectivity index (χ0v) is 15.0. The van der Waals surface area contributed by atoms with Crippen molar-refractivity contribution in [2.75, 3.05) is 0 Å². The second kappa shape index (κ2) is 7.55. The van der Waals surface area contributed by atoms with E-state index in [1.807, 2.05) is 24.3 Å². The van der Waals surface area contributed by atoms with E-state index in [0.29, 0.717) is 40.5 Å². The minimum atomic E-state index is -0.205. The summed E-state index contributed by atoms with van der Waals surface area (Å²) in [6.45, 7) is 0.329. The zero-order valence-electron chi connectivity index (χ0n) is 14.2. The second-order valence-corrected chi connectivity index (χ2v) is 6.42. The molecule has 0 bridgehead atoms. The Morgan fingerprint density at radius 2 is 2.07 bits per heavy atom. The standard InChI is InChI=1S/C20H15ClN4O2/c21-15-3-1-2-13(8-15)9-19-25-17-5-4-14(10-18(17)27-19)20(26)23-11-16-6-7-22-12-24-16/h1-8,10,12H,9,11H2,(H,23,26). The Morgan fingerprint density at radius 3 is 2.89 bits per heavy atom. The summed E-state index contributed by atoms with van der Waals surface area (Å²) in [5.41, 5.74) is 3.53. The molecular weight excluding hydrogens is 364 g/mol. The van der Waals surface area contributed by atoms with Crippen LogP contribution in [0.4, 0.5) is 0 Å². The molecule has 1 amide bonds. The van der Waals surface area contributed by atoms with Crippen LogP contribution < -0.4 is 5.32 Å². The van der Waals surface area contributed by atoms with Gasteiger partial charge >= 0.3 is 0 Å². The number of carbonyl (C=O) groups excluding carboxylic acids is 1. The van der Waals surface area contributed by atoms with Crippen LogP contribution in [0.15, 0.2) is 65.5 Å². The lowest BCUT2D eigenvalue weighted by molar-refractivity contribution is 0.0950. The van der Waals surface area contributed by atoms with Gasteiger partial charge in [-0.05, 0) is 42.0 Å². The minimum Gasteiger partial charge on any atom is -0.440 e. The molecular formula is C20H15ClN4O2. The lowest BCUT2D eigenvalue weighted by atomic mass is 10.1. The molecule has 0 unspecified atom stereocenters. The van der Waals surface area contributed by atoms with Crippen LogP contribution in [0.3, 0.4) is 0 Å². The summed E-state index contributed by atoms with van der Waals surface area (Å²) in [4.78, 5) is 24.8. The predicted molar refractivity (Wildman–Crippen MR) is 101 cm³/mol. The van der Waals surface area contributed by atoms with Crippen molar-refractivity contribution in [2.45, 2.75) is 13.0 Å². The van der Waals surface area contributed by atoms with Gasteiger partial charge in [0.25, 0.3) is 5.91 Å². The van der Waals surface area contributed by atoms with E-state index in [2.05, 4.69) is 20.3 Å². The lowest BCUT2D eigenvalue weighted by Gasteiger charge is -2.04. The van der Waals surface area contributed by atoms with E-state index in [9.17, 15) is 4.79 Å². The summed E-state index contributed by atoms with van der Waals surface area (Å²) in [6, 6.07) is 14.5. The fourth-order valence-electron chi connectivity index (χ4n) is 2.71. The fraction of sp³-hybridized carbons (Fsp3) is 0.100. The quantitative estimate of drug-likeness (QED) is 0.571. The Hall–Kier alpha value is -3.25. The first-order chi connectivity index (χ1) is 13.2. The molecule has 4 aromatic rings. The highest BCUT2D eigenvalue weighted by Gasteiger charge is 2.11. The largest absolute Gasteiger partial charge is 0.440 e. The van der Waals surface area contributed by atoms with Crippen molar-refractivity contribution < 1.29 is 9.21 Å². The number of halogens is 1. The van der Waals surface area contributed by atoms with Crippen LogP contribution in [0.1, 0.15) is 27.5 Å². The second-order valence-electron chi connectivity index (χ2n) is 5.98. The van der Waals surface area contributed by atoms with Gasteiger partial charge in [0.2, 0.25) is 0 Å². The minimum absolute atomic E-state index is 0.205. The number of oxazole rings is 1. The summed E-state index contributed by atoms with van der Waals surface area (Å²) in [5.74, 6) is 0.370. The maximum atomic E-state index is 12.4. The molecule has 0 spiro atoms. The highest BCUT2D eigenvalue weighted by molar-refractivity contribution is 6.30. The Morgan fingerprint density at radius 1 is 1.15 bits per heavy atom. The van der Waals surface area contributed by atoms with Crippen LogP contribution in [-0.2, 0) is 13.0 Å². The molecule has 7 heteroatoms. The zero-order chi connectivity index (χ0) is 18.6. The van der Waals surface area contributed by atoms with Crippen molar-refractivity contribution in [1.29, 1.82) is 0 Å². The van der Waals surface area contributed by atoms with Crippen molar-refractivity contribution in [1.82, 2.24) is 20.3 Å². The first-order valence-electron chi connectivity index (χ1n) is 8.34. The van der Waals surface area contributed by atoms with Crippen LogP contribution >= 0.6 is 11.6 Å². The molecule has 0 radical (unpaired) electrons. The number of amides is 1. The van der Waals surface area contributed by atoms with E-state index in [-0.39, 0.29) is 5.91 Å². The first kappa shape index (κ1) is 17.2. The smallest absolute Gasteiger partial charge is 0.251 e. The summed E-state index contributed by atoms with van der Waals surface area (Å²) in [6.07, 6.45) is 3.62.